The van der Waals surface area contributed by atoms with Gasteiger partial charge in [0, 0.05) is 12.0 Å². The van der Waals surface area contributed by atoms with Crippen LogP contribution in [0.15, 0.2) is 36.4 Å². The molecule has 3 atom stereocenters. The van der Waals surface area contributed by atoms with Gasteiger partial charge in [0.1, 0.15) is 5.82 Å². The molecule has 0 aromatic heterocycles. The van der Waals surface area contributed by atoms with Gasteiger partial charge in [-0.25, -0.2) is 9.18 Å². The first-order valence-corrected chi connectivity index (χ1v) is 11.2. The van der Waals surface area contributed by atoms with E-state index in [2.05, 4.69) is 0 Å². The van der Waals surface area contributed by atoms with E-state index < -0.39 is 70.9 Å². The van der Waals surface area contributed by atoms with Crippen molar-refractivity contribution < 1.29 is 49.8 Å². The summed E-state index contributed by atoms with van der Waals surface area (Å²) in [5.74, 6) is -4.68. The van der Waals surface area contributed by atoms with Crippen LogP contribution in [0.5, 0.6) is 0 Å². The number of fused-ring (bicyclic) bond motifs is 1. The minimum atomic E-state index is -5.14. The average Bonchev–Trinajstić information content (AvgIpc) is 2.77. The fourth-order valence-corrected chi connectivity index (χ4v) is 4.55. The number of carbonyl (C=O) groups is 2. The summed E-state index contributed by atoms with van der Waals surface area (Å²) < 4.78 is 106. The summed E-state index contributed by atoms with van der Waals surface area (Å²) in [5, 5.41) is 0. The molecular weight excluding hydrogens is 511 g/mol. The standard InChI is InChI=1S/C25H24F7NO4/c1-12(2)37-23(35)33-13(3)7-19(18-11-17(26)5-6-20(18)33)21(22(34)36-4)14-8-15(24(27,28)29)10-16(9-14)25(30,31)32/h5-6,8-13,19,21H,7H2,1-4H3/t13-,19+,21+/m1/s1. The van der Waals surface area contributed by atoms with Crippen molar-refractivity contribution in [2.45, 2.75) is 63.5 Å². The Labute approximate surface area is 208 Å². The highest BCUT2D eigenvalue weighted by atomic mass is 19.4. The number of esters is 1. The quantitative estimate of drug-likeness (QED) is 0.311. The zero-order chi connectivity index (χ0) is 27.9. The molecule has 1 heterocycles. The third-order valence-corrected chi connectivity index (χ3v) is 6.04. The topological polar surface area (TPSA) is 55.8 Å². The predicted molar refractivity (Wildman–Crippen MR) is 119 cm³/mol. The van der Waals surface area contributed by atoms with E-state index in [0.717, 1.165) is 19.2 Å². The fraction of sp³-hybridized carbons (Fsp3) is 0.440. The summed E-state index contributed by atoms with van der Waals surface area (Å²) >= 11 is 0. The molecule has 0 radical (unpaired) electrons. The predicted octanol–water partition coefficient (Wildman–Crippen LogP) is 7.05. The number of ether oxygens (including phenoxy) is 2. The molecule has 0 unspecified atom stereocenters. The number of methoxy groups -OCH3 is 1. The number of hydrogen-bond acceptors (Lipinski definition) is 4. The molecule has 0 N–H and O–H groups in total. The fourth-order valence-electron chi connectivity index (χ4n) is 4.55. The first kappa shape index (κ1) is 28.3. The van der Waals surface area contributed by atoms with Gasteiger partial charge in [-0.3, -0.25) is 9.69 Å². The SMILES string of the molecule is COC(=O)[C@@H](c1cc(C(F)(F)F)cc(C(F)(F)F)c1)[C@H]1C[C@@H](C)N(C(=O)OC(C)C)c2ccc(F)cc21. The summed E-state index contributed by atoms with van der Waals surface area (Å²) in [5.41, 5.74) is -3.64. The number of hydrogen-bond donors (Lipinski definition) is 0. The Kier molecular flexibility index (Phi) is 7.80. The summed E-state index contributed by atoms with van der Waals surface area (Å²) in [6.45, 7) is 4.79. The highest BCUT2D eigenvalue weighted by molar-refractivity contribution is 5.91. The lowest BCUT2D eigenvalue weighted by Gasteiger charge is -2.41. The Bertz CT molecular complexity index is 1140. The maximum atomic E-state index is 14.3. The van der Waals surface area contributed by atoms with Crippen LogP contribution in [0, 0.1) is 5.82 Å². The maximum absolute atomic E-state index is 14.3. The van der Waals surface area contributed by atoms with Crippen LogP contribution >= 0.6 is 0 Å². The van der Waals surface area contributed by atoms with Crippen LogP contribution in [0.25, 0.3) is 0 Å². The van der Waals surface area contributed by atoms with Crippen LogP contribution in [0.2, 0.25) is 0 Å². The van der Waals surface area contributed by atoms with E-state index in [1.165, 1.54) is 11.0 Å². The van der Waals surface area contributed by atoms with Gasteiger partial charge in [-0.05, 0) is 74.7 Å². The van der Waals surface area contributed by atoms with E-state index in [1.807, 2.05) is 0 Å². The Morgan fingerprint density at radius 1 is 0.973 bits per heavy atom. The van der Waals surface area contributed by atoms with Crippen molar-refractivity contribution in [2.75, 3.05) is 12.0 Å². The molecule has 37 heavy (non-hydrogen) atoms. The molecule has 202 valence electrons. The van der Waals surface area contributed by atoms with Crippen molar-refractivity contribution >= 4 is 17.7 Å². The summed E-state index contributed by atoms with van der Waals surface area (Å²) in [7, 11) is 0.943. The number of alkyl halides is 6. The van der Waals surface area contributed by atoms with Gasteiger partial charge in [0.25, 0.3) is 0 Å². The number of benzene rings is 2. The van der Waals surface area contributed by atoms with E-state index in [9.17, 15) is 40.3 Å². The molecule has 0 saturated heterocycles. The molecule has 12 heteroatoms. The molecule has 2 aromatic rings. The van der Waals surface area contributed by atoms with Gasteiger partial charge in [-0.1, -0.05) is 0 Å². The van der Waals surface area contributed by atoms with Gasteiger partial charge in [-0.2, -0.15) is 26.3 Å². The highest BCUT2D eigenvalue weighted by Gasteiger charge is 2.44. The molecule has 5 nitrogen and oxygen atoms in total. The first-order chi connectivity index (χ1) is 17.0. The van der Waals surface area contributed by atoms with E-state index >= 15 is 0 Å². The van der Waals surface area contributed by atoms with Crippen molar-refractivity contribution in [3.63, 3.8) is 0 Å². The van der Waals surface area contributed by atoms with Crippen LogP contribution < -0.4 is 4.90 Å². The first-order valence-electron chi connectivity index (χ1n) is 11.2. The molecule has 2 aromatic carbocycles. The molecule has 1 aliphatic rings. The number of halogens is 7. The average molecular weight is 535 g/mol. The molecule has 0 spiro atoms. The largest absolute Gasteiger partial charge is 0.469 e. The Hall–Kier alpha value is -3.31. The molecular formula is C25H24F7NO4. The monoisotopic (exact) mass is 535 g/mol. The van der Waals surface area contributed by atoms with Crippen LogP contribution in [-0.2, 0) is 26.6 Å². The second-order valence-corrected chi connectivity index (χ2v) is 9.04. The lowest BCUT2D eigenvalue weighted by molar-refractivity contribution is -0.145. The lowest BCUT2D eigenvalue weighted by atomic mass is 9.74. The van der Waals surface area contributed by atoms with Crippen LogP contribution in [0.3, 0.4) is 0 Å². The summed E-state index contributed by atoms with van der Waals surface area (Å²) in [6, 6.07) is 3.45. The van der Waals surface area contributed by atoms with Crippen molar-refractivity contribution in [1.82, 2.24) is 0 Å². The third-order valence-electron chi connectivity index (χ3n) is 6.04. The summed E-state index contributed by atoms with van der Waals surface area (Å²) in [6.07, 6.45) is -11.7. The Morgan fingerprint density at radius 3 is 2.03 bits per heavy atom. The van der Waals surface area contributed by atoms with E-state index in [4.69, 9.17) is 9.47 Å². The number of rotatable bonds is 4. The van der Waals surface area contributed by atoms with Crippen LogP contribution in [0.4, 0.5) is 41.2 Å². The Morgan fingerprint density at radius 2 is 1.54 bits per heavy atom. The third kappa shape index (κ3) is 5.99. The number of nitrogens with zero attached hydrogens (tertiary/aromatic N) is 1. The van der Waals surface area contributed by atoms with Crippen LogP contribution in [-0.4, -0.2) is 31.3 Å². The van der Waals surface area contributed by atoms with Crippen molar-refractivity contribution in [2.24, 2.45) is 0 Å². The van der Waals surface area contributed by atoms with Gasteiger partial charge in [0.05, 0.1) is 35.9 Å². The molecule has 1 aliphatic heterocycles. The highest BCUT2D eigenvalue weighted by Crippen LogP contribution is 2.48. The second kappa shape index (κ2) is 10.2. The summed E-state index contributed by atoms with van der Waals surface area (Å²) in [4.78, 5) is 26.9. The molecule has 0 fully saturated rings. The van der Waals surface area contributed by atoms with Crippen molar-refractivity contribution in [3.8, 4) is 0 Å². The van der Waals surface area contributed by atoms with Gasteiger partial charge >= 0.3 is 24.4 Å². The zero-order valence-corrected chi connectivity index (χ0v) is 20.2. The minimum Gasteiger partial charge on any atom is -0.469 e. The van der Waals surface area contributed by atoms with Crippen molar-refractivity contribution in [3.05, 3.63) is 64.5 Å². The number of amides is 1. The molecule has 3 rings (SSSR count). The van der Waals surface area contributed by atoms with Gasteiger partial charge in [0.15, 0.2) is 0 Å². The molecule has 1 amide bonds. The second-order valence-electron chi connectivity index (χ2n) is 9.04. The minimum absolute atomic E-state index is 0.0418. The molecule has 0 aliphatic carbocycles. The molecule has 0 bridgehead atoms. The van der Waals surface area contributed by atoms with E-state index in [-0.39, 0.29) is 23.7 Å². The Balaban J connectivity index is 2.25. The van der Waals surface area contributed by atoms with Gasteiger partial charge in [0.2, 0.25) is 0 Å². The maximum Gasteiger partial charge on any atom is 0.416 e. The normalized spacial score (nSPS) is 18.9. The lowest BCUT2D eigenvalue weighted by Crippen LogP contribution is -2.45. The van der Waals surface area contributed by atoms with Gasteiger partial charge < -0.3 is 9.47 Å². The number of anilines is 1. The van der Waals surface area contributed by atoms with Crippen molar-refractivity contribution in [1.29, 1.82) is 0 Å². The molecule has 0 saturated carbocycles. The van der Waals surface area contributed by atoms with E-state index in [1.54, 1.807) is 20.8 Å². The van der Waals surface area contributed by atoms with Gasteiger partial charge in [-0.15, -0.1) is 0 Å². The zero-order valence-electron chi connectivity index (χ0n) is 20.2. The van der Waals surface area contributed by atoms with E-state index in [0.29, 0.717) is 12.1 Å². The van der Waals surface area contributed by atoms with Crippen LogP contribution in [0.1, 0.15) is 61.3 Å². The smallest absolute Gasteiger partial charge is 0.416 e. The number of carbonyl (C=O) groups excluding carboxylic acids is 2.